The lowest BCUT2D eigenvalue weighted by molar-refractivity contribution is 0.296. The van der Waals surface area contributed by atoms with Gasteiger partial charge in [0.25, 0.3) is 0 Å². The Hall–Kier alpha value is -0.0400. The molecular formula is C16H31N. The van der Waals surface area contributed by atoms with Gasteiger partial charge in [0.1, 0.15) is 0 Å². The van der Waals surface area contributed by atoms with Gasteiger partial charge in [-0.3, -0.25) is 0 Å². The van der Waals surface area contributed by atoms with E-state index in [4.69, 9.17) is 0 Å². The SMILES string of the molecule is CC1(C)CCCC2(CC1)CC2CNC(C)(C)C. The third kappa shape index (κ3) is 3.47. The Morgan fingerprint density at radius 2 is 1.76 bits per heavy atom. The third-order valence-electron chi connectivity index (χ3n) is 5.07. The second kappa shape index (κ2) is 4.26. The molecule has 100 valence electrons. The van der Waals surface area contributed by atoms with E-state index >= 15 is 0 Å². The summed E-state index contributed by atoms with van der Waals surface area (Å²) < 4.78 is 0. The Labute approximate surface area is 108 Å². The molecule has 2 atom stereocenters. The number of hydrogen-bond acceptors (Lipinski definition) is 1. The lowest BCUT2D eigenvalue weighted by Crippen LogP contribution is -2.37. The molecule has 2 fully saturated rings. The quantitative estimate of drug-likeness (QED) is 0.752. The summed E-state index contributed by atoms with van der Waals surface area (Å²) in [5.41, 5.74) is 1.63. The summed E-state index contributed by atoms with van der Waals surface area (Å²) in [4.78, 5) is 0. The Balaban J connectivity index is 1.83. The molecule has 0 aromatic rings. The fraction of sp³-hybridized carbons (Fsp3) is 1.00. The fourth-order valence-electron chi connectivity index (χ4n) is 3.52. The molecule has 1 spiro atoms. The molecule has 0 aliphatic heterocycles. The summed E-state index contributed by atoms with van der Waals surface area (Å²) in [5, 5.41) is 3.70. The predicted molar refractivity (Wildman–Crippen MR) is 75.2 cm³/mol. The molecular weight excluding hydrogens is 206 g/mol. The Morgan fingerprint density at radius 1 is 1.06 bits per heavy atom. The molecule has 2 unspecified atom stereocenters. The van der Waals surface area contributed by atoms with Crippen molar-refractivity contribution >= 4 is 0 Å². The van der Waals surface area contributed by atoms with Gasteiger partial charge >= 0.3 is 0 Å². The zero-order chi connectivity index (χ0) is 12.7. The summed E-state index contributed by atoms with van der Waals surface area (Å²) in [5.74, 6) is 0.968. The van der Waals surface area contributed by atoms with Gasteiger partial charge in [0.15, 0.2) is 0 Å². The van der Waals surface area contributed by atoms with Crippen molar-refractivity contribution in [2.75, 3.05) is 6.54 Å². The van der Waals surface area contributed by atoms with Crippen molar-refractivity contribution in [2.45, 2.75) is 78.7 Å². The van der Waals surface area contributed by atoms with Gasteiger partial charge in [-0.15, -0.1) is 0 Å². The number of hydrogen-bond donors (Lipinski definition) is 1. The lowest BCUT2D eigenvalue weighted by atomic mass is 9.84. The molecule has 2 aliphatic rings. The van der Waals surface area contributed by atoms with Crippen LogP contribution in [0.2, 0.25) is 0 Å². The topological polar surface area (TPSA) is 12.0 Å². The molecule has 2 saturated carbocycles. The standard InChI is InChI=1S/C16H31N/c1-14(2,3)17-12-13-11-16(13)8-6-7-15(4,5)9-10-16/h13,17H,6-12H2,1-5H3. The average Bonchev–Trinajstić information content (AvgIpc) is 2.87. The van der Waals surface area contributed by atoms with Crippen LogP contribution in [0.5, 0.6) is 0 Å². The van der Waals surface area contributed by atoms with E-state index in [1.807, 2.05) is 0 Å². The first-order valence-electron chi connectivity index (χ1n) is 7.48. The van der Waals surface area contributed by atoms with Crippen LogP contribution in [-0.2, 0) is 0 Å². The average molecular weight is 237 g/mol. The zero-order valence-corrected chi connectivity index (χ0v) is 12.5. The molecule has 0 aromatic heterocycles. The first-order valence-corrected chi connectivity index (χ1v) is 7.48. The van der Waals surface area contributed by atoms with Crippen molar-refractivity contribution in [3.8, 4) is 0 Å². The zero-order valence-electron chi connectivity index (χ0n) is 12.5. The second-order valence-corrected chi connectivity index (χ2v) is 8.41. The summed E-state index contributed by atoms with van der Waals surface area (Å²) in [6, 6.07) is 0. The molecule has 0 heterocycles. The van der Waals surface area contributed by atoms with Crippen LogP contribution in [0.25, 0.3) is 0 Å². The van der Waals surface area contributed by atoms with E-state index < -0.39 is 0 Å². The van der Waals surface area contributed by atoms with E-state index in [0.717, 1.165) is 11.3 Å². The van der Waals surface area contributed by atoms with Gasteiger partial charge in [-0.05, 0) is 76.2 Å². The van der Waals surface area contributed by atoms with Gasteiger partial charge in [-0.1, -0.05) is 20.3 Å². The molecule has 0 amide bonds. The van der Waals surface area contributed by atoms with Crippen LogP contribution in [0, 0.1) is 16.7 Å². The highest BCUT2D eigenvalue weighted by Gasteiger charge is 2.53. The predicted octanol–water partition coefficient (Wildman–Crippen LogP) is 4.37. The van der Waals surface area contributed by atoms with Gasteiger partial charge in [0, 0.05) is 5.54 Å². The first kappa shape index (κ1) is 13.4. The minimum atomic E-state index is 0.285. The molecule has 0 saturated heterocycles. The van der Waals surface area contributed by atoms with Crippen LogP contribution in [0.3, 0.4) is 0 Å². The van der Waals surface area contributed by atoms with Gasteiger partial charge in [-0.2, -0.15) is 0 Å². The van der Waals surface area contributed by atoms with E-state index in [1.54, 1.807) is 0 Å². The third-order valence-corrected chi connectivity index (χ3v) is 5.07. The summed E-state index contributed by atoms with van der Waals surface area (Å²) in [7, 11) is 0. The smallest absolute Gasteiger partial charge is 0.00966 e. The Morgan fingerprint density at radius 3 is 2.41 bits per heavy atom. The van der Waals surface area contributed by atoms with E-state index in [1.165, 1.54) is 45.1 Å². The van der Waals surface area contributed by atoms with Crippen LogP contribution in [0.4, 0.5) is 0 Å². The van der Waals surface area contributed by atoms with Crippen LogP contribution in [-0.4, -0.2) is 12.1 Å². The normalized spacial score (nSPS) is 36.9. The van der Waals surface area contributed by atoms with Crippen molar-refractivity contribution in [1.29, 1.82) is 0 Å². The maximum absolute atomic E-state index is 3.70. The summed E-state index contributed by atoms with van der Waals surface area (Å²) in [6.45, 7) is 13.0. The largest absolute Gasteiger partial charge is 0.312 e. The Kier molecular flexibility index (Phi) is 3.36. The van der Waals surface area contributed by atoms with Gasteiger partial charge < -0.3 is 5.32 Å². The number of nitrogens with one attached hydrogen (secondary N) is 1. The molecule has 17 heavy (non-hydrogen) atoms. The van der Waals surface area contributed by atoms with Gasteiger partial charge in [0.2, 0.25) is 0 Å². The van der Waals surface area contributed by atoms with Crippen molar-refractivity contribution in [3.63, 3.8) is 0 Å². The molecule has 2 rings (SSSR count). The molecule has 1 heteroatoms. The van der Waals surface area contributed by atoms with Crippen LogP contribution < -0.4 is 5.32 Å². The molecule has 0 aromatic carbocycles. The van der Waals surface area contributed by atoms with E-state index in [2.05, 4.69) is 39.9 Å². The maximum Gasteiger partial charge on any atom is 0.00966 e. The maximum atomic E-state index is 3.70. The van der Waals surface area contributed by atoms with E-state index in [-0.39, 0.29) is 5.54 Å². The lowest BCUT2D eigenvalue weighted by Gasteiger charge is -2.23. The molecule has 1 N–H and O–H groups in total. The van der Waals surface area contributed by atoms with Crippen LogP contribution in [0.1, 0.15) is 73.1 Å². The summed E-state index contributed by atoms with van der Waals surface area (Å²) in [6.07, 6.45) is 8.81. The molecule has 0 bridgehead atoms. The minimum absolute atomic E-state index is 0.285. The fourth-order valence-corrected chi connectivity index (χ4v) is 3.52. The molecule has 1 nitrogen and oxygen atoms in total. The second-order valence-electron chi connectivity index (χ2n) is 8.41. The van der Waals surface area contributed by atoms with Crippen molar-refractivity contribution in [2.24, 2.45) is 16.7 Å². The van der Waals surface area contributed by atoms with E-state index in [9.17, 15) is 0 Å². The van der Waals surface area contributed by atoms with Crippen molar-refractivity contribution in [3.05, 3.63) is 0 Å². The molecule has 2 aliphatic carbocycles. The Bertz CT molecular complexity index is 274. The van der Waals surface area contributed by atoms with Crippen molar-refractivity contribution in [1.82, 2.24) is 5.32 Å². The highest BCUT2D eigenvalue weighted by Crippen LogP contribution is 2.62. The minimum Gasteiger partial charge on any atom is -0.312 e. The van der Waals surface area contributed by atoms with E-state index in [0.29, 0.717) is 5.41 Å². The highest BCUT2D eigenvalue weighted by molar-refractivity contribution is 5.05. The van der Waals surface area contributed by atoms with Gasteiger partial charge in [0.05, 0.1) is 0 Å². The monoisotopic (exact) mass is 237 g/mol. The van der Waals surface area contributed by atoms with Crippen molar-refractivity contribution < 1.29 is 0 Å². The summed E-state index contributed by atoms with van der Waals surface area (Å²) >= 11 is 0. The number of rotatable bonds is 2. The first-order chi connectivity index (χ1) is 7.73. The van der Waals surface area contributed by atoms with Crippen LogP contribution in [0.15, 0.2) is 0 Å². The molecule has 0 radical (unpaired) electrons. The van der Waals surface area contributed by atoms with Crippen LogP contribution >= 0.6 is 0 Å². The highest BCUT2D eigenvalue weighted by atomic mass is 15.0. The van der Waals surface area contributed by atoms with Gasteiger partial charge in [-0.25, -0.2) is 0 Å².